The minimum absolute atomic E-state index is 0.0737. The van der Waals surface area contributed by atoms with Gasteiger partial charge in [0.25, 0.3) is 0 Å². The maximum atomic E-state index is 5.54. The first kappa shape index (κ1) is 12.5. The van der Waals surface area contributed by atoms with Crippen LogP contribution in [0.1, 0.15) is 40.0 Å². The Kier molecular flexibility index (Phi) is 4.63. The van der Waals surface area contributed by atoms with Crippen LogP contribution in [0.2, 0.25) is 0 Å². The molecule has 1 fully saturated rings. The number of hydrogen-bond donors (Lipinski definition) is 1. The van der Waals surface area contributed by atoms with Crippen LogP contribution in [0.15, 0.2) is 0 Å². The van der Waals surface area contributed by atoms with E-state index in [1.165, 1.54) is 19.3 Å². The normalized spacial score (nSPS) is 20.1. The molecule has 0 spiro atoms. The SMILES string of the molecule is C#CC(C)(C)N1CCC(NCCC)CC1. The van der Waals surface area contributed by atoms with Crippen molar-refractivity contribution in [3.8, 4) is 12.3 Å². The lowest BCUT2D eigenvalue weighted by atomic mass is 9.97. The monoisotopic (exact) mass is 208 g/mol. The molecule has 0 bridgehead atoms. The Balaban J connectivity index is 2.33. The van der Waals surface area contributed by atoms with Gasteiger partial charge in [-0.05, 0) is 39.7 Å². The zero-order chi connectivity index (χ0) is 11.3. The number of rotatable bonds is 4. The first-order valence-corrected chi connectivity index (χ1v) is 6.06. The molecule has 1 heterocycles. The Morgan fingerprint density at radius 1 is 1.40 bits per heavy atom. The Morgan fingerprint density at radius 2 is 2.00 bits per heavy atom. The van der Waals surface area contributed by atoms with Crippen molar-refractivity contribution in [3.63, 3.8) is 0 Å². The maximum Gasteiger partial charge on any atom is 0.0766 e. The van der Waals surface area contributed by atoms with Gasteiger partial charge in [0.1, 0.15) is 0 Å². The molecule has 0 aliphatic carbocycles. The van der Waals surface area contributed by atoms with Crippen LogP contribution in [0.4, 0.5) is 0 Å². The van der Waals surface area contributed by atoms with Crippen LogP contribution < -0.4 is 5.32 Å². The van der Waals surface area contributed by atoms with Crippen molar-refractivity contribution in [2.45, 2.75) is 51.6 Å². The highest BCUT2D eigenvalue weighted by molar-refractivity contribution is 5.09. The number of likely N-dealkylation sites (tertiary alicyclic amines) is 1. The van der Waals surface area contributed by atoms with E-state index in [1.54, 1.807) is 0 Å². The number of piperidine rings is 1. The highest BCUT2D eigenvalue weighted by atomic mass is 15.2. The largest absolute Gasteiger partial charge is 0.314 e. The second-order valence-corrected chi connectivity index (χ2v) is 4.92. The molecule has 1 rings (SSSR count). The van der Waals surface area contributed by atoms with Crippen molar-refractivity contribution in [2.24, 2.45) is 0 Å². The predicted octanol–water partition coefficient (Wildman–Crippen LogP) is 1.86. The topological polar surface area (TPSA) is 15.3 Å². The smallest absolute Gasteiger partial charge is 0.0766 e. The van der Waals surface area contributed by atoms with E-state index < -0.39 is 0 Å². The average Bonchev–Trinajstić information content (AvgIpc) is 2.27. The third kappa shape index (κ3) is 3.52. The van der Waals surface area contributed by atoms with Crippen LogP contribution in [0.25, 0.3) is 0 Å². The van der Waals surface area contributed by atoms with Gasteiger partial charge in [0.05, 0.1) is 5.54 Å². The summed E-state index contributed by atoms with van der Waals surface area (Å²) in [6.45, 7) is 9.86. The van der Waals surface area contributed by atoms with E-state index in [0.29, 0.717) is 6.04 Å². The summed E-state index contributed by atoms with van der Waals surface area (Å²) in [5, 5.41) is 3.58. The third-order valence-corrected chi connectivity index (χ3v) is 3.32. The summed E-state index contributed by atoms with van der Waals surface area (Å²) in [6, 6.07) is 0.703. The highest BCUT2D eigenvalue weighted by Crippen LogP contribution is 2.19. The summed E-state index contributed by atoms with van der Waals surface area (Å²) in [6.07, 6.45) is 9.22. The molecule has 1 N–H and O–H groups in total. The minimum atomic E-state index is -0.0737. The molecule has 0 aromatic rings. The van der Waals surface area contributed by atoms with E-state index in [2.05, 4.69) is 36.9 Å². The van der Waals surface area contributed by atoms with Crippen LogP contribution in [-0.2, 0) is 0 Å². The Morgan fingerprint density at radius 3 is 2.47 bits per heavy atom. The number of nitrogens with zero attached hydrogens (tertiary/aromatic N) is 1. The van der Waals surface area contributed by atoms with Crippen molar-refractivity contribution in [1.82, 2.24) is 10.2 Å². The quantitative estimate of drug-likeness (QED) is 0.710. The zero-order valence-corrected chi connectivity index (χ0v) is 10.3. The van der Waals surface area contributed by atoms with Gasteiger partial charge in [0.2, 0.25) is 0 Å². The van der Waals surface area contributed by atoms with Crippen molar-refractivity contribution in [2.75, 3.05) is 19.6 Å². The summed E-state index contributed by atoms with van der Waals surface area (Å²) >= 11 is 0. The second-order valence-electron chi connectivity index (χ2n) is 4.92. The first-order valence-electron chi connectivity index (χ1n) is 6.06. The fraction of sp³-hybridized carbons (Fsp3) is 0.846. The summed E-state index contributed by atoms with van der Waals surface area (Å²) in [7, 11) is 0. The summed E-state index contributed by atoms with van der Waals surface area (Å²) in [5.74, 6) is 2.87. The Bertz CT molecular complexity index is 219. The fourth-order valence-corrected chi connectivity index (χ4v) is 2.08. The molecule has 86 valence electrons. The molecule has 2 heteroatoms. The number of hydrogen-bond acceptors (Lipinski definition) is 2. The van der Waals surface area contributed by atoms with Gasteiger partial charge in [0.15, 0.2) is 0 Å². The maximum absolute atomic E-state index is 5.54. The molecule has 0 amide bonds. The Hall–Kier alpha value is -0.520. The van der Waals surface area contributed by atoms with Crippen LogP contribution in [0.3, 0.4) is 0 Å². The van der Waals surface area contributed by atoms with Gasteiger partial charge in [-0.2, -0.15) is 0 Å². The lowest BCUT2D eigenvalue weighted by molar-refractivity contribution is 0.122. The molecule has 0 aromatic heterocycles. The first-order chi connectivity index (χ1) is 7.10. The molecule has 0 unspecified atom stereocenters. The summed E-state index contributed by atoms with van der Waals surface area (Å²) in [4.78, 5) is 2.41. The van der Waals surface area contributed by atoms with Crippen molar-refractivity contribution in [1.29, 1.82) is 0 Å². The van der Waals surface area contributed by atoms with E-state index in [-0.39, 0.29) is 5.54 Å². The van der Waals surface area contributed by atoms with Gasteiger partial charge < -0.3 is 5.32 Å². The van der Waals surface area contributed by atoms with E-state index in [4.69, 9.17) is 6.42 Å². The molecule has 0 aromatic carbocycles. The standard InChI is InChI=1S/C13H24N2/c1-5-9-14-12-7-10-15(11-8-12)13(3,4)6-2/h2,12,14H,5,7-11H2,1,3-4H3. The van der Waals surface area contributed by atoms with E-state index in [9.17, 15) is 0 Å². The van der Waals surface area contributed by atoms with Gasteiger partial charge in [-0.1, -0.05) is 12.8 Å². The highest BCUT2D eigenvalue weighted by Gasteiger charge is 2.28. The molecule has 0 radical (unpaired) electrons. The van der Waals surface area contributed by atoms with E-state index >= 15 is 0 Å². The number of terminal acetylenes is 1. The fourth-order valence-electron chi connectivity index (χ4n) is 2.08. The van der Waals surface area contributed by atoms with Crippen LogP contribution >= 0.6 is 0 Å². The predicted molar refractivity (Wildman–Crippen MR) is 65.8 cm³/mol. The van der Waals surface area contributed by atoms with Gasteiger partial charge in [-0.25, -0.2) is 0 Å². The minimum Gasteiger partial charge on any atom is -0.314 e. The van der Waals surface area contributed by atoms with Crippen molar-refractivity contribution in [3.05, 3.63) is 0 Å². The molecular formula is C13H24N2. The van der Waals surface area contributed by atoms with Crippen molar-refractivity contribution >= 4 is 0 Å². The molecule has 1 aliphatic rings. The lowest BCUT2D eigenvalue weighted by Gasteiger charge is -2.40. The average molecular weight is 208 g/mol. The molecule has 0 atom stereocenters. The molecule has 1 aliphatic heterocycles. The molecular weight excluding hydrogens is 184 g/mol. The Labute approximate surface area is 94.4 Å². The van der Waals surface area contributed by atoms with Gasteiger partial charge in [-0.15, -0.1) is 6.42 Å². The van der Waals surface area contributed by atoms with Gasteiger partial charge in [0, 0.05) is 19.1 Å². The summed E-state index contributed by atoms with van der Waals surface area (Å²) in [5.41, 5.74) is -0.0737. The summed E-state index contributed by atoms with van der Waals surface area (Å²) < 4.78 is 0. The van der Waals surface area contributed by atoms with Crippen molar-refractivity contribution < 1.29 is 0 Å². The third-order valence-electron chi connectivity index (χ3n) is 3.32. The van der Waals surface area contributed by atoms with Crippen LogP contribution in [0, 0.1) is 12.3 Å². The second kappa shape index (κ2) is 5.53. The van der Waals surface area contributed by atoms with Gasteiger partial charge >= 0.3 is 0 Å². The zero-order valence-electron chi connectivity index (χ0n) is 10.3. The van der Waals surface area contributed by atoms with Gasteiger partial charge in [-0.3, -0.25) is 4.90 Å². The van der Waals surface area contributed by atoms with Crippen LogP contribution in [-0.4, -0.2) is 36.1 Å². The van der Waals surface area contributed by atoms with E-state index in [1.807, 2.05) is 0 Å². The number of nitrogens with one attached hydrogen (secondary N) is 1. The lowest BCUT2D eigenvalue weighted by Crippen LogP contribution is -2.50. The molecule has 1 saturated heterocycles. The molecule has 0 saturated carbocycles. The molecule has 15 heavy (non-hydrogen) atoms. The van der Waals surface area contributed by atoms with Crippen LogP contribution in [0.5, 0.6) is 0 Å². The van der Waals surface area contributed by atoms with E-state index in [0.717, 1.165) is 19.6 Å². The molecule has 2 nitrogen and oxygen atoms in total.